The van der Waals surface area contributed by atoms with E-state index in [4.69, 9.17) is 11.6 Å². The van der Waals surface area contributed by atoms with E-state index in [0.29, 0.717) is 0 Å². The van der Waals surface area contributed by atoms with Crippen molar-refractivity contribution in [2.45, 2.75) is 31.2 Å². The molecule has 70 valence electrons. The average Bonchev–Trinajstić information content (AvgIpc) is 2.55. The van der Waals surface area contributed by atoms with Gasteiger partial charge in [-0.1, -0.05) is 30.5 Å². The number of aliphatic hydroxyl groups is 1. The first-order chi connectivity index (χ1) is 5.83. The van der Waals surface area contributed by atoms with E-state index < -0.39 is 0 Å². The highest BCUT2D eigenvalue weighted by atomic mass is 35.5. The monoisotopic (exact) mass is 189 g/mol. The summed E-state index contributed by atoms with van der Waals surface area (Å²) in [6.07, 6.45) is 6.47. The number of hydrogen-bond acceptors (Lipinski definition) is 2. The van der Waals surface area contributed by atoms with Crippen molar-refractivity contribution < 1.29 is 5.11 Å². The van der Waals surface area contributed by atoms with E-state index in [9.17, 15) is 5.11 Å². The molecule has 0 saturated heterocycles. The zero-order chi connectivity index (χ0) is 8.86. The summed E-state index contributed by atoms with van der Waals surface area (Å²) in [6, 6.07) is 0. The van der Waals surface area contributed by atoms with Gasteiger partial charge in [-0.15, -0.1) is 0 Å². The van der Waals surface area contributed by atoms with Crippen LogP contribution in [0.4, 0.5) is 0 Å². The third-order valence-corrected chi connectivity index (χ3v) is 2.73. The molecule has 0 aromatic heterocycles. The van der Waals surface area contributed by atoms with Crippen LogP contribution in [-0.4, -0.2) is 23.8 Å². The predicted molar refractivity (Wildman–Crippen MR) is 51.3 cm³/mol. The standard InChI is InChI=1S/C9H16ClNO/c10-6-3-7-11-9(8-12)4-1-2-5-9/h3,6,11-12H,1-2,4-5,7-8H2/b6-3+. The van der Waals surface area contributed by atoms with Gasteiger partial charge < -0.3 is 10.4 Å². The first kappa shape index (κ1) is 10.0. The maximum atomic E-state index is 9.20. The van der Waals surface area contributed by atoms with Gasteiger partial charge in [-0.05, 0) is 12.8 Å². The van der Waals surface area contributed by atoms with Gasteiger partial charge in [0.05, 0.1) is 6.61 Å². The van der Waals surface area contributed by atoms with E-state index in [2.05, 4.69) is 5.32 Å². The van der Waals surface area contributed by atoms with Crippen LogP contribution in [0.2, 0.25) is 0 Å². The van der Waals surface area contributed by atoms with Crippen molar-refractivity contribution in [2.75, 3.05) is 13.2 Å². The zero-order valence-electron chi connectivity index (χ0n) is 7.22. The van der Waals surface area contributed by atoms with Gasteiger partial charge in [0.1, 0.15) is 0 Å². The van der Waals surface area contributed by atoms with Crippen molar-refractivity contribution in [1.29, 1.82) is 0 Å². The lowest BCUT2D eigenvalue weighted by Gasteiger charge is -2.27. The second kappa shape index (κ2) is 4.85. The van der Waals surface area contributed by atoms with Crippen LogP contribution < -0.4 is 5.32 Å². The van der Waals surface area contributed by atoms with E-state index in [-0.39, 0.29) is 12.1 Å². The summed E-state index contributed by atoms with van der Waals surface area (Å²) in [7, 11) is 0. The van der Waals surface area contributed by atoms with Gasteiger partial charge in [-0.2, -0.15) is 0 Å². The van der Waals surface area contributed by atoms with Crippen LogP contribution in [0.15, 0.2) is 11.6 Å². The van der Waals surface area contributed by atoms with E-state index >= 15 is 0 Å². The number of nitrogens with one attached hydrogen (secondary N) is 1. The maximum Gasteiger partial charge on any atom is 0.0613 e. The van der Waals surface area contributed by atoms with Crippen LogP contribution >= 0.6 is 11.6 Å². The lowest BCUT2D eigenvalue weighted by molar-refractivity contribution is 0.168. The van der Waals surface area contributed by atoms with Crippen LogP contribution in [-0.2, 0) is 0 Å². The van der Waals surface area contributed by atoms with Gasteiger partial charge in [0.15, 0.2) is 0 Å². The summed E-state index contributed by atoms with van der Waals surface area (Å²) in [5.41, 5.74) is 1.49. The minimum absolute atomic E-state index is 0.0175. The molecule has 2 N–H and O–H groups in total. The Balaban J connectivity index is 2.33. The van der Waals surface area contributed by atoms with E-state index in [1.54, 1.807) is 0 Å². The molecular weight excluding hydrogens is 174 g/mol. The second-order valence-corrected chi connectivity index (χ2v) is 3.64. The molecule has 0 aliphatic heterocycles. The first-order valence-corrected chi connectivity index (χ1v) is 4.88. The van der Waals surface area contributed by atoms with E-state index in [1.165, 1.54) is 18.4 Å². The minimum Gasteiger partial charge on any atom is -0.394 e. The lowest BCUT2D eigenvalue weighted by atomic mass is 9.99. The smallest absolute Gasteiger partial charge is 0.0613 e. The van der Waals surface area contributed by atoms with Crippen LogP contribution in [0, 0.1) is 0 Å². The molecule has 0 aromatic rings. The van der Waals surface area contributed by atoms with E-state index in [0.717, 1.165) is 19.4 Å². The molecule has 0 radical (unpaired) electrons. The average molecular weight is 190 g/mol. The molecule has 0 bridgehead atoms. The number of hydrogen-bond donors (Lipinski definition) is 2. The fourth-order valence-corrected chi connectivity index (χ4v) is 1.85. The molecule has 0 heterocycles. The third-order valence-electron chi connectivity index (χ3n) is 2.55. The fourth-order valence-electron chi connectivity index (χ4n) is 1.76. The minimum atomic E-state index is -0.0175. The van der Waals surface area contributed by atoms with Crippen molar-refractivity contribution in [3.8, 4) is 0 Å². The Morgan fingerprint density at radius 3 is 2.58 bits per heavy atom. The Hall–Kier alpha value is -0.0500. The highest BCUT2D eigenvalue weighted by molar-refractivity contribution is 6.25. The summed E-state index contributed by atoms with van der Waals surface area (Å²) >= 11 is 5.39. The molecule has 12 heavy (non-hydrogen) atoms. The second-order valence-electron chi connectivity index (χ2n) is 3.39. The van der Waals surface area contributed by atoms with Crippen LogP contribution in [0.5, 0.6) is 0 Å². The number of halogens is 1. The predicted octanol–water partition coefficient (Wildman–Crippen LogP) is 1.63. The van der Waals surface area contributed by atoms with Crippen molar-refractivity contribution in [2.24, 2.45) is 0 Å². The third kappa shape index (κ3) is 2.47. The number of aliphatic hydroxyl groups excluding tert-OH is 1. The molecule has 1 saturated carbocycles. The Morgan fingerprint density at radius 2 is 2.08 bits per heavy atom. The van der Waals surface area contributed by atoms with Gasteiger partial charge in [0.25, 0.3) is 0 Å². The summed E-state index contributed by atoms with van der Waals surface area (Å²) in [6.45, 7) is 0.993. The summed E-state index contributed by atoms with van der Waals surface area (Å²) in [5.74, 6) is 0. The lowest BCUT2D eigenvalue weighted by Crippen LogP contribution is -2.46. The SMILES string of the molecule is OCC1(NC/C=C/Cl)CCCC1. The van der Waals surface area contributed by atoms with Crippen LogP contribution in [0.1, 0.15) is 25.7 Å². The molecule has 1 aliphatic carbocycles. The number of rotatable bonds is 4. The topological polar surface area (TPSA) is 32.3 Å². The summed E-state index contributed by atoms with van der Waals surface area (Å²) < 4.78 is 0. The molecule has 0 spiro atoms. The van der Waals surface area contributed by atoms with Gasteiger partial charge in [0.2, 0.25) is 0 Å². The first-order valence-electron chi connectivity index (χ1n) is 4.44. The molecule has 0 unspecified atom stereocenters. The molecule has 0 aromatic carbocycles. The Kier molecular flexibility index (Phi) is 4.06. The highest BCUT2D eigenvalue weighted by Gasteiger charge is 2.31. The Bertz CT molecular complexity index is 153. The summed E-state index contributed by atoms with van der Waals surface area (Å²) in [5, 5.41) is 12.5. The molecule has 1 fully saturated rings. The maximum absolute atomic E-state index is 9.20. The quantitative estimate of drug-likeness (QED) is 0.705. The van der Waals surface area contributed by atoms with Crippen molar-refractivity contribution in [3.63, 3.8) is 0 Å². The molecule has 2 nitrogen and oxygen atoms in total. The largest absolute Gasteiger partial charge is 0.394 e. The Labute approximate surface area is 78.6 Å². The molecule has 1 rings (SSSR count). The van der Waals surface area contributed by atoms with Crippen molar-refractivity contribution in [1.82, 2.24) is 5.32 Å². The van der Waals surface area contributed by atoms with Gasteiger partial charge in [-0.25, -0.2) is 0 Å². The van der Waals surface area contributed by atoms with Crippen molar-refractivity contribution >= 4 is 11.6 Å². The van der Waals surface area contributed by atoms with Gasteiger partial charge in [-0.3, -0.25) is 0 Å². The molecule has 0 amide bonds. The van der Waals surface area contributed by atoms with Crippen LogP contribution in [0.25, 0.3) is 0 Å². The van der Waals surface area contributed by atoms with Crippen LogP contribution in [0.3, 0.4) is 0 Å². The molecule has 3 heteroatoms. The highest BCUT2D eigenvalue weighted by Crippen LogP contribution is 2.28. The van der Waals surface area contributed by atoms with Gasteiger partial charge >= 0.3 is 0 Å². The summed E-state index contributed by atoms with van der Waals surface area (Å²) in [4.78, 5) is 0. The fraction of sp³-hybridized carbons (Fsp3) is 0.778. The molecule has 1 aliphatic rings. The van der Waals surface area contributed by atoms with Gasteiger partial charge in [0, 0.05) is 17.6 Å². The zero-order valence-corrected chi connectivity index (χ0v) is 7.98. The molecular formula is C9H16ClNO. The Morgan fingerprint density at radius 1 is 1.42 bits per heavy atom. The molecule has 0 atom stereocenters. The van der Waals surface area contributed by atoms with E-state index in [1.807, 2.05) is 6.08 Å². The normalized spacial score (nSPS) is 22.2. The van der Waals surface area contributed by atoms with Crippen molar-refractivity contribution in [3.05, 3.63) is 11.6 Å².